The predicted molar refractivity (Wildman–Crippen MR) is 152 cm³/mol. The van der Waals surface area contributed by atoms with Crippen LogP contribution in [0.4, 0.5) is 5.13 Å². The first kappa shape index (κ1) is 28.7. The van der Waals surface area contributed by atoms with E-state index in [1.165, 1.54) is 33.8 Å². The number of rotatable bonds is 12. The van der Waals surface area contributed by atoms with Gasteiger partial charge < -0.3 is 26.7 Å². The zero-order valence-corrected chi connectivity index (χ0v) is 23.6. The molecule has 2 aliphatic heterocycles. The summed E-state index contributed by atoms with van der Waals surface area (Å²) in [6.45, 7) is 1.97. The molecule has 1 fully saturated rings. The highest BCUT2D eigenvalue weighted by Crippen LogP contribution is 2.45. The second kappa shape index (κ2) is 12.7. The van der Waals surface area contributed by atoms with Crippen molar-refractivity contribution in [2.75, 3.05) is 17.2 Å². The number of hydrogen-bond donors (Lipinski definition) is 6. The average molecular weight is 609 g/mol. The van der Waals surface area contributed by atoms with Crippen molar-refractivity contribution in [1.29, 1.82) is 5.41 Å². The van der Waals surface area contributed by atoms with Crippen molar-refractivity contribution < 1.29 is 24.7 Å². The number of fused-ring (bicyclic) bond motifs is 1. The van der Waals surface area contributed by atoms with Gasteiger partial charge in [-0.25, -0.2) is 9.78 Å². The summed E-state index contributed by atoms with van der Waals surface area (Å²) >= 11 is 5.33. The average Bonchev–Trinajstić information content (AvgIpc) is 3.34. The van der Waals surface area contributed by atoms with Gasteiger partial charge in [-0.2, -0.15) is 11.8 Å². The molecule has 1 saturated heterocycles. The van der Waals surface area contributed by atoms with Crippen LogP contribution in [0.2, 0.25) is 0 Å². The molecule has 13 nitrogen and oxygen atoms in total. The molecular formula is C22H24N8O5S4. The summed E-state index contributed by atoms with van der Waals surface area (Å²) in [7, 11) is 0. The minimum atomic E-state index is -1.24. The van der Waals surface area contributed by atoms with E-state index < -0.39 is 34.9 Å². The monoisotopic (exact) mass is 608 g/mol. The number of aromatic nitrogens is 2. The fraction of sp³-hybridized carbons (Fsp3) is 0.318. The van der Waals surface area contributed by atoms with Gasteiger partial charge >= 0.3 is 5.97 Å². The van der Waals surface area contributed by atoms with Crippen molar-refractivity contribution in [1.82, 2.24) is 25.5 Å². The molecular weight excluding hydrogens is 585 g/mol. The summed E-state index contributed by atoms with van der Waals surface area (Å²) in [5, 5.41) is 35.9. The molecule has 2 amide bonds. The van der Waals surface area contributed by atoms with Gasteiger partial charge in [0.05, 0.1) is 6.34 Å². The molecule has 2 aliphatic rings. The number of nitrogens with zero attached hydrogens (tertiary/aromatic N) is 4. The van der Waals surface area contributed by atoms with E-state index in [9.17, 15) is 24.7 Å². The number of hydrogen-bond acceptors (Lipinski definition) is 13. The molecule has 0 bridgehead atoms. The molecule has 4 heterocycles. The molecule has 0 saturated carbocycles. The van der Waals surface area contributed by atoms with Crippen LogP contribution in [0.5, 0.6) is 0 Å². The Hall–Kier alpha value is -3.28. The van der Waals surface area contributed by atoms with Crippen LogP contribution in [0.25, 0.3) is 0 Å². The van der Waals surface area contributed by atoms with Gasteiger partial charge in [-0.05, 0) is 18.6 Å². The van der Waals surface area contributed by atoms with E-state index in [-0.39, 0.29) is 22.6 Å². The fourth-order valence-corrected chi connectivity index (χ4v) is 8.00. The molecule has 39 heavy (non-hydrogen) atoms. The Bertz CT molecular complexity index is 1350. The molecule has 2 aromatic rings. The highest BCUT2D eigenvalue weighted by molar-refractivity contribution is 8.06. The minimum absolute atomic E-state index is 0.0639. The van der Waals surface area contributed by atoms with E-state index in [1.54, 1.807) is 24.2 Å². The number of nitrogens with two attached hydrogens (primary N) is 1. The summed E-state index contributed by atoms with van der Waals surface area (Å²) in [4.78, 5) is 48.7. The molecule has 3 atom stereocenters. The Morgan fingerprint density at radius 1 is 1.46 bits per heavy atom. The van der Waals surface area contributed by atoms with Crippen molar-refractivity contribution >= 4 is 81.6 Å². The Labute approximate surface area is 239 Å². The Morgan fingerprint density at radius 3 is 2.92 bits per heavy atom. The standard InChI is InChI=1S/C22H24N8O5S4/c1-10(26-9-23)5-36-6-11-4-25-3-2-13(11)39-14-8-37-20-16(19(32)30(20)17(14)21(33)34)28-18(31)15(29-35)12-7-38-22(24)27-12/h2-4,7,9-10,16,20,35H,5-6,8H2,1H3,(H2,23,26)(H2,24,27)(H,28,31)(H,33,34)/b29-15-/t10?,16-,20+/m1/s1. The van der Waals surface area contributed by atoms with Gasteiger partial charge in [0.2, 0.25) is 0 Å². The lowest BCUT2D eigenvalue weighted by Gasteiger charge is -2.49. The highest BCUT2D eigenvalue weighted by Gasteiger charge is 2.54. The first-order valence-corrected chi connectivity index (χ1v) is 15.2. The van der Waals surface area contributed by atoms with E-state index in [4.69, 9.17) is 11.1 Å². The van der Waals surface area contributed by atoms with E-state index in [0.29, 0.717) is 16.4 Å². The number of oxime groups is 1. The maximum absolute atomic E-state index is 13.0. The van der Waals surface area contributed by atoms with Crippen LogP contribution in [-0.2, 0) is 20.1 Å². The van der Waals surface area contributed by atoms with E-state index in [2.05, 4.69) is 25.8 Å². The fourth-order valence-electron chi connectivity index (χ4n) is 3.78. The van der Waals surface area contributed by atoms with Gasteiger partial charge in [-0.15, -0.1) is 23.1 Å². The quantitative estimate of drug-likeness (QED) is 0.0668. The van der Waals surface area contributed by atoms with Crippen LogP contribution >= 0.6 is 46.6 Å². The van der Waals surface area contributed by atoms with Gasteiger partial charge in [0.15, 0.2) is 10.8 Å². The van der Waals surface area contributed by atoms with Crippen LogP contribution in [-0.4, -0.2) is 84.0 Å². The number of carbonyl (C=O) groups excluding carboxylic acids is 2. The first-order chi connectivity index (χ1) is 18.7. The van der Waals surface area contributed by atoms with E-state index in [1.807, 2.05) is 13.0 Å². The third-order valence-corrected chi connectivity index (χ3v) is 10.2. The Morgan fingerprint density at radius 2 is 2.26 bits per heavy atom. The number of carbonyl (C=O) groups is 3. The third kappa shape index (κ3) is 6.32. The van der Waals surface area contributed by atoms with Gasteiger partial charge in [0.25, 0.3) is 11.8 Å². The molecule has 4 rings (SSSR count). The van der Waals surface area contributed by atoms with Crippen molar-refractivity contribution in [2.45, 2.75) is 35.0 Å². The number of thiazole rings is 1. The van der Waals surface area contributed by atoms with E-state index in [0.717, 1.165) is 33.9 Å². The number of aliphatic carboxylic acids is 1. The van der Waals surface area contributed by atoms with Crippen molar-refractivity contribution in [3.63, 3.8) is 0 Å². The number of anilines is 1. The number of nitrogen functional groups attached to an aromatic ring is 1. The minimum Gasteiger partial charge on any atom is -0.477 e. The number of β-lactam (4-membered cyclic amide) rings is 1. The lowest BCUT2D eigenvalue weighted by atomic mass is 10.0. The summed E-state index contributed by atoms with van der Waals surface area (Å²) < 4.78 is 0. The molecule has 206 valence electrons. The topological polar surface area (TPSA) is 207 Å². The van der Waals surface area contributed by atoms with Crippen molar-refractivity contribution in [2.24, 2.45) is 5.16 Å². The van der Waals surface area contributed by atoms with Crippen LogP contribution in [0.1, 0.15) is 18.2 Å². The lowest BCUT2D eigenvalue weighted by molar-refractivity contribution is -0.150. The number of carboxylic acids is 1. The third-order valence-electron chi connectivity index (χ3n) is 5.59. The van der Waals surface area contributed by atoms with Crippen LogP contribution < -0.4 is 16.4 Å². The number of thioether (sulfide) groups is 3. The van der Waals surface area contributed by atoms with Crippen LogP contribution in [0, 0.1) is 5.41 Å². The number of pyridine rings is 1. The van der Waals surface area contributed by atoms with Crippen molar-refractivity contribution in [3.05, 3.63) is 45.7 Å². The smallest absolute Gasteiger partial charge is 0.353 e. The maximum atomic E-state index is 13.0. The Kier molecular flexibility index (Phi) is 9.36. The van der Waals surface area contributed by atoms with Gasteiger partial charge in [-0.1, -0.05) is 16.9 Å². The molecule has 0 spiro atoms. The largest absolute Gasteiger partial charge is 0.477 e. The summed E-state index contributed by atoms with van der Waals surface area (Å²) in [5.74, 6) is -0.930. The molecule has 0 aliphatic carbocycles. The summed E-state index contributed by atoms with van der Waals surface area (Å²) in [5.41, 5.74) is 6.06. The first-order valence-electron chi connectivity index (χ1n) is 11.3. The molecule has 17 heteroatoms. The number of carboxylic acid groups (broad SMARTS) is 1. The Balaban J connectivity index is 1.48. The van der Waals surface area contributed by atoms with Crippen molar-refractivity contribution in [3.8, 4) is 0 Å². The number of amides is 2. The van der Waals surface area contributed by atoms with Gasteiger partial charge in [0, 0.05) is 50.9 Å². The zero-order chi connectivity index (χ0) is 28.1. The molecule has 0 aromatic carbocycles. The SMILES string of the molecule is CC(CSCc1cnccc1SC1=C(C(=O)O)N2C(=O)[C@@H](NC(=O)/C(=N\O)c3csc(N)n3)[C@@H]2SC1)NC=N. The number of nitrogens with one attached hydrogen (secondary N) is 3. The maximum Gasteiger partial charge on any atom is 0.353 e. The second-order valence-corrected chi connectivity index (χ2v) is 12.4. The normalized spacial score (nSPS) is 19.7. The highest BCUT2D eigenvalue weighted by atomic mass is 32.2. The summed E-state index contributed by atoms with van der Waals surface area (Å²) in [6, 6.07) is 0.935. The zero-order valence-electron chi connectivity index (χ0n) is 20.4. The molecule has 2 aromatic heterocycles. The molecule has 1 unspecified atom stereocenters. The van der Waals surface area contributed by atoms with Gasteiger partial charge in [0.1, 0.15) is 22.8 Å². The van der Waals surface area contributed by atoms with Gasteiger partial charge in [-0.3, -0.25) is 24.9 Å². The summed E-state index contributed by atoms with van der Waals surface area (Å²) in [6.07, 6.45) is 4.53. The van der Waals surface area contributed by atoms with Crippen LogP contribution in [0.3, 0.4) is 0 Å². The second-order valence-electron chi connectivity index (χ2n) is 8.27. The van der Waals surface area contributed by atoms with Crippen LogP contribution in [0.15, 0.2) is 44.5 Å². The van der Waals surface area contributed by atoms with E-state index >= 15 is 0 Å². The molecule has 0 radical (unpaired) electrons. The lowest BCUT2D eigenvalue weighted by Crippen LogP contribution is -2.71. The predicted octanol–water partition coefficient (Wildman–Crippen LogP) is 1.61. The molecule has 7 N–H and O–H groups in total.